The quantitative estimate of drug-likeness (QED) is 0.476. The molecule has 1 aromatic heterocycles. The molecule has 26 heavy (non-hydrogen) atoms. The molecule has 4 N–H and O–H groups in total. The van der Waals surface area contributed by atoms with Crippen molar-refractivity contribution >= 4 is 29.2 Å². The smallest absolute Gasteiger partial charge is 0.261 e. The number of carbonyl (C=O) groups is 1. The van der Waals surface area contributed by atoms with Crippen LogP contribution in [0, 0.1) is 6.92 Å². The van der Waals surface area contributed by atoms with Gasteiger partial charge in [0, 0.05) is 5.69 Å². The Balaban J connectivity index is 1.70. The number of thioether (sulfide) groups is 1. The largest absolute Gasteiger partial charge is 0.383 e. The number of para-hydroxylation sites is 1. The fourth-order valence-electron chi connectivity index (χ4n) is 2.45. The van der Waals surface area contributed by atoms with E-state index in [0.717, 1.165) is 23.0 Å². The van der Waals surface area contributed by atoms with Crippen LogP contribution < -0.4 is 16.6 Å². The second-order valence-electron chi connectivity index (χ2n) is 5.65. The summed E-state index contributed by atoms with van der Waals surface area (Å²) in [4.78, 5) is 31.4. The molecule has 3 rings (SSSR count). The second-order valence-corrected chi connectivity index (χ2v) is 6.61. The number of rotatable bonds is 5. The minimum atomic E-state index is -0.328. The van der Waals surface area contributed by atoms with E-state index in [2.05, 4.69) is 15.3 Å². The Kier molecular flexibility index (Phi) is 5.38. The van der Waals surface area contributed by atoms with E-state index in [4.69, 9.17) is 5.73 Å². The first-order chi connectivity index (χ1) is 12.5. The highest BCUT2D eigenvalue weighted by Crippen LogP contribution is 2.22. The van der Waals surface area contributed by atoms with Gasteiger partial charge in [-0.1, -0.05) is 60.3 Å². The number of nitrogens with one attached hydrogen (secondary N) is 2. The number of nitrogens with two attached hydrogens (primary N) is 1. The molecular weight excluding hydrogens is 348 g/mol. The third-order valence-corrected chi connectivity index (χ3v) is 4.62. The topological polar surface area (TPSA) is 101 Å². The van der Waals surface area contributed by atoms with Crippen molar-refractivity contribution in [2.75, 3.05) is 16.8 Å². The maximum atomic E-state index is 12.4. The molecule has 3 aromatic rings. The standard InChI is InChI=1S/C19H18N4O2S/c1-12-7-5-6-10-14(12)21-15(24)11-26-19-22-17(20)16(18(25)23-19)13-8-3-2-4-9-13/h2-10H,11H2,1H3,(H,21,24)(H3,20,22,23,25). The fraction of sp³-hybridized carbons (Fsp3) is 0.105. The highest BCUT2D eigenvalue weighted by atomic mass is 32.2. The van der Waals surface area contributed by atoms with Crippen molar-refractivity contribution in [1.82, 2.24) is 9.97 Å². The van der Waals surface area contributed by atoms with Gasteiger partial charge >= 0.3 is 0 Å². The van der Waals surface area contributed by atoms with Gasteiger partial charge in [0.2, 0.25) is 5.91 Å². The molecule has 6 nitrogen and oxygen atoms in total. The van der Waals surface area contributed by atoms with Gasteiger partial charge in [0.25, 0.3) is 5.56 Å². The summed E-state index contributed by atoms with van der Waals surface area (Å²) in [6, 6.07) is 16.6. The highest BCUT2D eigenvalue weighted by Gasteiger charge is 2.13. The minimum absolute atomic E-state index is 0.112. The van der Waals surface area contributed by atoms with E-state index in [1.807, 2.05) is 49.4 Å². The van der Waals surface area contributed by atoms with Crippen molar-refractivity contribution in [3.8, 4) is 11.1 Å². The van der Waals surface area contributed by atoms with Crippen LogP contribution in [0.2, 0.25) is 0 Å². The van der Waals surface area contributed by atoms with Crippen LogP contribution in [-0.2, 0) is 4.79 Å². The zero-order valence-electron chi connectivity index (χ0n) is 14.2. The van der Waals surface area contributed by atoms with Crippen molar-refractivity contribution in [2.24, 2.45) is 0 Å². The van der Waals surface area contributed by atoms with E-state index in [-0.39, 0.29) is 23.0 Å². The summed E-state index contributed by atoms with van der Waals surface area (Å²) in [6.45, 7) is 1.92. The average Bonchev–Trinajstić information content (AvgIpc) is 2.62. The van der Waals surface area contributed by atoms with Crippen molar-refractivity contribution in [2.45, 2.75) is 12.1 Å². The molecule has 0 spiro atoms. The van der Waals surface area contributed by atoms with Crippen molar-refractivity contribution in [1.29, 1.82) is 0 Å². The molecule has 0 aliphatic heterocycles. The number of nitrogens with zero attached hydrogens (tertiary/aromatic N) is 1. The summed E-state index contributed by atoms with van der Waals surface area (Å²) < 4.78 is 0. The molecule has 2 aromatic carbocycles. The fourth-order valence-corrected chi connectivity index (χ4v) is 3.12. The number of hydrogen-bond donors (Lipinski definition) is 3. The van der Waals surface area contributed by atoms with Crippen LogP contribution >= 0.6 is 11.8 Å². The van der Waals surface area contributed by atoms with Gasteiger partial charge in [0.05, 0.1) is 11.3 Å². The summed E-state index contributed by atoms with van der Waals surface area (Å²) in [5.74, 6) is 0.0703. The molecule has 0 aliphatic rings. The van der Waals surface area contributed by atoms with Crippen molar-refractivity contribution in [3.05, 3.63) is 70.5 Å². The highest BCUT2D eigenvalue weighted by molar-refractivity contribution is 7.99. The molecular formula is C19H18N4O2S. The number of aromatic nitrogens is 2. The van der Waals surface area contributed by atoms with Crippen LogP contribution in [0.25, 0.3) is 11.1 Å². The molecule has 0 atom stereocenters. The average molecular weight is 366 g/mol. The predicted molar refractivity (Wildman–Crippen MR) is 105 cm³/mol. The summed E-state index contributed by atoms with van der Waals surface area (Å²) >= 11 is 1.13. The van der Waals surface area contributed by atoms with Crippen molar-refractivity contribution < 1.29 is 4.79 Å². The molecule has 0 saturated heterocycles. The Morgan fingerprint density at radius 1 is 1.15 bits per heavy atom. The predicted octanol–water partition coefficient (Wildman–Crippen LogP) is 3.06. The SMILES string of the molecule is Cc1ccccc1NC(=O)CSc1nc(N)c(-c2ccccc2)c(=O)[nH]1. The van der Waals surface area contributed by atoms with Crippen LogP contribution in [0.4, 0.5) is 11.5 Å². The third kappa shape index (κ3) is 4.12. The lowest BCUT2D eigenvalue weighted by molar-refractivity contribution is -0.113. The Hall–Kier alpha value is -3.06. The van der Waals surface area contributed by atoms with Crippen LogP contribution in [0.1, 0.15) is 5.56 Å². The number of H-pyrrole nitrogens is 1. The maximum Gasteiger partial charge on any atom is 0.261 e. The summed E-state index contributed by atoms with van der Waals surface area (Å²) in [7, 11) is 0. The lowest BCUT2D eigenvalue weighted by atomic mass is 10.1. The van der Waals surface area contributed by atoms with Gasteiger partial charge in [-0.25, -0.2) is 4.98 Å². The molecule has 0 bridgehead atoms. The third-order valence-electron chi connectivity index (χ3n) is 3.75. The molecule has 132 valence electrons. The van der Waals surface area contributed by atoms with Crippen LogP contribution in [-0.4, -0.2) is 21.6 Å². The van der Waals surface area contributed by atoms with E-state index in [1.165, 1.54) is 0 Å². The molecule has 0 saturated carbocycles. The summed E-state index contributed by atoms with van der Waals surface area (Å²) in [5, 5.41) is 3.15. The molecule has 7 heteroatoms. The first-order valence-electron chi connectivity index (χ1n) is 7.98. The van der Waals surface area contributed by atoms with Crippen molar-refractivity contribution in [3.63, 3.8) is 0 Å². The van der Waals surface area contributed by atoms with Gasteiger partial charge in [0.1, 0.15) is 5.82 Å². The number of carbonyl (C=O) groups excluding carboxylic acids is 1. The normalized spacial score (nSPS) is 10.5. The molecule has 0 fully saturated rings. The number of nitrogen functional groups attached to an aromatic ring is 1. The summed E-state index contributed by atoms with van der Waals surface area (Å²) in [5.41, 5.74) is 8.41. The number of amides is 1. The van der Waals surface area contributed by atoms with E-state index in [0.29, 0.717) is 16.3 Å². The number of benzene rings is 2. The zero-order chi connectivity index (χ0) is 18.5. The number of aromatic amines is 1. The Morgan fingerprint density at radius 2 is 1.85 bits per heavy atom. The van der Waals surface area contributed by atoms with Gasteiger partial charge in [-0.15, -0.1) is 0 Å². The second kappa shape index (κ2) is 7.88. The number of anilines is 2. The molecule has 0 aliphatic carbocycles. The van der Waals surface area contributed by atoms with Crippen LogP contribution in [0.5, 0.6) is 0 Å². The van der Waals surface area contributed by atoms with E-state index in [9.17, 15) is 9.59 Å². The van der Waals surface area contributed by atoms with Crippen LogP contribution in [0.3, 0.4) is 0 Å². The zero-order valence-corrected chi connectivity index (χ0v) is 15.0. The Morgan fingerprint density at radius 3 is 2.54 bits per heavy atom. The van der Waals surface area contributed by atoms with Gasteiger partial charge in [-0.3, -0.25) is 9.59 Å². The lowest BCUT2D eigenvalue weighted by Gasteiger charge is -2.09. The monoisotopic (exact) mass is 366 g/mol. The van der Waals surface area contributed by atoms with E-state index >= 15 is 0 Å². The van der Waals surface area contributed by atoms with E-state index < -0.39 is 0 Å². The van der Waals surface area contributed by atoms with E-state index in [1.54, 1.807) is 12.1 Å². The first-order valence-corrected chi connectivity index (χ1v) is 8.96. The molecule has 0 radical (unpaired) electrons. The van der Waals surface area contributed by atoms with Gasteiger partial charge in [-0.05, 0) is 24.1 Å². The first kappa shape index (κ1) is 17.8. The van der Waals surface area contributed by atoms with Crippen LogP contribution in [0.15, 0.2) is 64.5 Å². The molecule has 1 amide bonds. The number of hydrogen-bond acceptors (Lipinski definition) is 5. The van der Waals surface area contributed by atoms with Gasteiger partial charge in [-0.2, -0.15) is 0 Å². The number of aryl methyl sites for hydroxylation is 1. The minimum Gasteiger partial charge on any atom is -0.383 e. The maximum absolute atomic E-state index is 12.4. The lowest BCUT2D eigenvalue weighted by Crippen LogP contribution is -2.17. The Labute approximate surface area is 154 Å². The molecule has 0 unspecified atom stereocenters. The molecule has 1 heterocycles. The van der Waals surface area contributed by atoms with Gasteiger partial charge in [0.15, 0.2) is 5.16 Å². The van der Waals surface area contributed by atoms with Gasteiger partial charge < -0.3 is 16.0 Å². The summed E-state index contributed by atoms with van der Waals surface area (Å²) in [6.07, 6.45) is 0. The Bertz CT molecular complexity index is 986.